The lowest BCUT2D eigenvalue weighted by Crippen LogP contribution is -2.38. The van der Waals surface area contributed by atoms with Gasteiger partial charge in [0.15, 0.2) is 0 Å². The maximum absolute atomic E-state index is 5.36. The quantitative estimate of drug-likeness (QED) is 0.478. The average Bonchev–Trinajstić information content (AvgIpc) is 2.15. The van der Waals surface area contributed by atoms with Gasteiger partial charge in [0.2, 0.25) is 0 Å². The molecule has 2 atom stereocenters. The molecule has 0 spiro atoms. The van der Waals surface area contributed by atoms with E-state index in [0.717, 1.165) is 12.1 Å². The van der Waals surface area contributed by atoms with E-state index in [4.69, 9.17) is 9.47 Å². The first kappa shape index (κ1) is 13.6. The van der Waals surface area contributed by atoms with Crippen LogP contribution in [0.25, 0.3) is 0 Å². The van der Waals surface area contributed by atoms with Crippen LogP contribution >= 0.6 is 0 Å². The zero-order valence-electron chi connectivity index (χ0n) is 9.80. The van der Waals surface area contributed by atoms with Crippen LogP contribution < -0.4 is 5.32 Å². The van der Waals surface area contributed by atoms with Gasteiger partial charge in [-0.05, 0) is 20.8 Å². The van der Waals surface area contributed by atoms with Crippen LogP contribution in [0.5, 0.6) is 0 Å². The molecule has 0 saturated carbocycles. The van der Waals surface area contributed by atoms with E-state index in [9.17, 15) is 0 Å². The van der Waals surface area contributed by atoms with E-state index < -0.39 is 0 Å². The molecule has 2 unspecified atom stereocenters. The Balaban J connectivity index is 3.31. The van der Waals surface area contributed by atoms with Gasteiger partial charge in [-0.3, -0.25) is 0 Å². The zero-order chi connectivity index (χ0) is 11.0. The summed E-state index contributed by atoms with van der Waals surface area (Å²) in [7, 11) is 1.72. The third-order valence-corrected chi connectivity index (χ3v) is 2.14. The molecule has 0 heterocycles. The lowest BCUT2D eigenvalue weighted by molar-refractivity contribution is 0.0830. The Morgan fingerprint density at radius 2 is 2.07 bits per heavy atom. The Morgan fingerprint density at radius 1 is 1.43 bits per heavy atom. The van der Waals surface area contributed by atoms with Crippen LogP contribution in [-0.2, 0) is 9.47 Å². The van der Waals surface area contributed by atoms with Crippen molar-refractivity contribution in [2.24, 2.45) is 0 Å². The van der Waals surface area contributed by atoms with Crippen molar-refractivity contribution in [2.75, 3.05) is 26.9 Å². The summed E-state index contributed by atoms with van der Waals surface area (Å²) in [5.41, 5.74) is 1.06. The fourth-order valence-corrected chi connectivity index (χ4v) is 0.975. The van der Waals surface area contributed by atoms with Crippen LogP contribution in [-0.4, -0.2) is 39.0 Å². The van der Waals surface area contributed by atoms with Gasteiger partial charge in [-0.25, -0.2) is 0 Å². The lowest BCUT2D eigenvalue weighted by atomic mass is 10.2. The van der Waals surface area contributed by atoms with Crippen LogP contribution in [0.15, 0.2) is 12.2 Å². The van der Waals surface area contributed by atoms with Crippen LogP contribution in [0.3, 0.4) is 0 Å². The number of methoxy groups -OCH3 is 1. The van der Waals surface area contributed by atoms with Crippen molar-refractivity contribution < 1.29 is 9.47 Å². The maximum atomic E-state index is 5.36. The van der Waals surface area contributed by atoms with Crippen molar-refractivity contribution in [1.29, 1.82) is 0 Å². The van der Waals surface area contributed by atoms with Crippen molar-refractivity contribution in [3.63, 3.8) is 0 Å². The Bertz CT molecular complexity index is 159. The molecular formula is C11H23NO2. The number of hydrogen-bond donors (Lipinski definition) is 1. The lowest BCUT2D eigenvalue weighted by Gasteiger charge is -2.19. The van der Waals surface area contributed by atoms with E-state index in [1.54, 1.807) is 7.11 Å². The number of rotatable bonds is 8. The molecule has 3 heteroatoms. The van der Waals surface area contributed by atoms with Crippen LogP contribution in [0.4, 0.5) is 0 Å². The van der Waals surface area contributed by atoms with Gasteiger partial charge in [0.25, 0.3) is 0 Å². The summed E-state index contributed by atoms with van der Waals surface area (Å²) in [4.78, 5) is 0. The summed E-state index contributed by atoms with van der Waals surface area (Å²) < 4.78 is 10.5. The van der Waals surface area contributed by atoms with Crippen LogP contribution in [0.2, 0.25) is 0 Å². The highest BCUT2D eigenvalue weighted by Gasteiger charge is 2.08. The summed E-state index contributed by atoms with van der Waals surface area (Å²) in [6.45, 7) is 12.1. The summed E-state index contributed by atoms with van der Waals surface area (Å²) >= 11 is 0. The second kappa shape index (κ2) is 7.97. The van der Waals surface area contributed by atoms with Crippen molar-refractivity contribution in [1.82, 2.24) is 5.32 Å². The number of hydrogen-bond acceptors (Lipinski definition) is 3. The Morgan fingerprint density at radius 3 is 2.57 bits per heavy atom. The highest BCUT2D eigenvalue weighted by atomic mass is 16.5. The summed E-state index contributed by atoms with van der Waals surface area (Å²) in [5.74, 6) is 0. The molecule has 0 bridgehead atoms. The van der Waals surface area contributed by atoms with Crippen molar-refractivity contribution in [3.05, 3.63) is 12.2 Å². The molecule has 0 radical (unpaired) electrons. The Labute approximate surface area is 87.5 Å². The standard InChI is InChI=1S/C11H23NO2/c1-9(2)8-14-7-6-12-10(3)11(4)13-5/h10-12H,1,6-8H2,2-5H3. The molecule has 0 rings (SSSR count). The summed E-state index contributed by atoms with van der Waals surface area (Å²) in [6.07, 6.45) is 0.233. The first-order chi connectivity index (χ1) is 6.57. The van der Waals surface area contributed by atoms with Gasteiger partial charge in [0.05, 0.1) is 19.3 Å². The molecule has 0 aromatic carbocycles. The molecule has 0 aliphatic carbocycles. The molecule has 84 valence electrons. The van der Waals surface area contributed by atoms with Gasteiger partial charge in [0, 0.05) is 19.7 Å². The predicted molar refractivity (Wildman–Crippen MR) is 59.6 cm³/mol. The third-order valence-electron chi connectivity index (χ3n) is 2.14. The first-order valence-electron chi connectivity index (χ1n) is 5.06. The van der Waals surface area contributed by atoms with Gasteiger partial charge in [-0.15, -0.1) is 0 Å². The van der Waals surface area contributed by atoms with Crippen LogP contribution in [0, 0.1) is 0 Å². The number of nitrogens with one attached hydrogen (secondary N) is 1. The van der Waals surface area contributed by atoms with Crippen molar-refractivity contribution in [3.8, 4) is 0 Å². The van der Waals surface area contributed by atoms with Crippen molar-refractivity contribution in [2.45, 2.75) is 32.9 Å². The SMILES string of the molecule is C=C(C)COCCNC(C)C(C)OC. The van der Waals surface area contributed by atoms with E-state index >= 15 is 0 Å². The maximum Gasteiger partial charge on any atom is 0.0693 e. The highest BCUT2D eigenvalue weighted by Crippen LogP contribution is 1.95. The smallest absolute Gasteiger partial charge is 0.0693 e. The number of ether oxygens (including phenoxy) is 2. The second-order valence-electron chi connectivity index (χ2n) is 3.69. The first-order valence-corrected chi connectivity index (χ1v) is 5.06. The fraction of sp³-hybridized carbons (Fsp3) is 0.818. The molecule has 0 amide bonds. The largest absolute Gasteiger partial charge is 0.380 e. The van der Waals surface area contributed by atoms with E-state index in [-0.39, 0.29) is 6.10 Å². The third kappa shape index (κ3) is 7.06. The highest BCUT2D eigenvalue weighted by molar-refractivity contribution is 4.87. The molecule has 3 nitrogen and oxygen atoms in total. The fourth-order valence-electron chi connectivity index (χ4n) is 0.975. The van der Waals surface area contributed by atoms with Crippen molar-refractivity contribution >= 4 is 0 Å². The second-order valence-corrected chi connectivity index (χ2v) is 3.69. The normalized spacial score (nSPS) is 15.1. The molecule has 1 N–H and O–H groups in total. The molecule has 0 aliphatic rings. The topological polar surface area (TPSA) is 30.5 Å². The minimum atomic E-state index is 0.233. The molecule has 0 aromatic rings. The molecular weight excluding hydrogens is 178 g/mol. The summed E-state index contributed by atoms with van der Waals surface area (Å²) in [6, 6.07) is 0.355. The zero-order valence-corrected chi connectivity index (χ0v) is 9.80. The van der Waals surface area contributed by atoms with Crippen LogP contribution in [0.1, 0.15) is 20.8 Å². The Kier molecular flexibility index (Phi) is 7.76. The summed E-state index contributed by atoms with van der Waals surface area (Å²) in [5, 5.41) is 3.33. The van der Waals surface area contributed by atoms with E-state index in [1.807, 2.05) is 13.8 Å². The minimum absolute atomic E-state index is 0.233. The monoisotopic (exact) mass is 201 g/mol. The van der Waals surface area contributed by atoms with Gasteiger partial charge in [-0.1, -0.05) is 12.2 Å². The van der Waals surface area contributed by atoms with E-state index in [1.165, 1.54) is 0 Å². The predicted octanol–water partition coefficient (Wildman–Crippen LogP) is 1.59. The molecule has 0 aliphatic heterocycles. The average molecular weight is 201 g/mol. The molecule has 14 heavy (non-hydrogen) atoms. The van der Waals surface area contributed by atoms with Gasteiger partial charge < -0.3 is 14.8 Å². The van der Waals surface area contributed by atoms with E-state index in [2.05, 4.69) is 18.8 Å². The van der Waals surface area contributed by atoms with Gasteiger partial charge in [-0.2, -0.15) is 0 Å². The van der Waals surface area contributed by atoms with Gasteiger partial charge in [0.1, 0.15) is 0 Å². The molecule has 0 fully saturated rings. The molecule has 0 aromatic heterocycles. The van der Waals surface area contributed by atoms with E-state index in [0.29, 0.717) is 19.3 Å². The molecule has 0 saturated heterocycles. The minimum Gasteiger partial charge on any atom is -0.380 e. The van der Waals surface area contributed by atoms with Gasteiger partial charge >= 0.3 is 0 Å². The Hall–Kier alpha value is -0.380.